The summed E-state index contributed by atoms with van der Waals surface area (Å²) in [5.41, 5.74) is 1.94. The van der Waals surface area contributed by atoms with Gasteiger partial charge < -0.3 is 5.11 Å². The Morgan fingerprint density at radius 1 is 1.35 bits per heavy atom. The Bertz CT molecular complexity index is 547. The summed E-state index contributed by atoms with van der Waals surface area (Å²) in [5.74, 6) is 0. The highest BCUT2D eigenvalue weighted by molar-refractivity contribution is 5.13. The van der Waals surface area contributed by atoms with E-state index in [9.17, 15) is 5.11 Å². The summed E-state index contributed by atoms with van der Waals surface area (Å²) in [4.78, 5) is 6.35. The molecule has 3 heterocycles. The predicted octanol–water partition coefficient (Wildman–Crippen LogP) is 0.434. The van der Waals surface area contributed by atoms with Gasteiger partial charge in [-0.25, -0.2) is 4.98 Å². The number of hydrogen-bond donors (Lipinski definition) is 1. The smallest absolute Gasteiger partial charge is 0.137 e. The van der Waals surface area contributed by atoms with Crippen molar-refractivity contribution < 1.29 is 5.11 Å². The van der Waals surface area contributed by atoms with Crippen LogP contribution in [0.1, 0.15) is 30.8 Å². The molecule has 1 aliphatic rings. The minimum absolute atomic E-state index is 0.502. The van der Waals surface area contributed by atoms with Gasteiger partial charge >= 0.3 is 0 Å². The van der Waals surface area contributed by atoms with E-state index in [1.54, 1.807) is 19.6 Å². The molecule has 20 heavy (non-hydrogen) atoms. The van der Waals surface area contributed by atoms with Crippen LogP contribution in [-0.2, 0) is 19.6 Å². The Morgan fingerprint density at radius 3 is 3.00 bits per heavy atom. The third-order valence-electron chi connectivity index (χ3n) is 3.65. The molecule has 0 saturated carbocycles. The standard InChI is InChI=1S/C13H20N6O/c1-11(20)13-7-12-8-17(3-2-4-19(12)16-13)5-6-18-10-14-9-15-18/h7,9-11,20H,2-6,8H2,1H3/t11-/m0/s1. The van der Waals surface area contributed by atoms with Gasteiger partial charge in [-0.05, 0) is 19.4 Å². The molecule has 0 fully saturated rings. The van der Waals surface area contributed by atoms with E-state index in [4.69, 9.17) is 0 Å². The number of nitrogens with zero attached hydrogens (tertiary/aromatic N) is 6. The van der Waals surface area contributed by atoms with Crippen molar-refractivity contribution >= 4 is 0 Å². The SMILES string of the molecule is C[C@H](O)c1cc2n(n1)CCCN(CCn1cncn1)C2. The quantitative estimate of drug-likeness (QED) is 0.877. The first-order valence-electron chi connectivity index (χ1n) is 7.02. The first-order chi connectivity index (χ1) is 9.72. The van der Waals surface area contributed by atoms with Gasteiger partial charge in [-0.3, -0.25) is 14.3 Å². The number of rotatable bonds is 4. The molecule has 2 aromatic heterocycles. The zero-order chi connectivity index (χ0) is 13.9. The highest BCUT2D eigenvalue weighted by Gasteiger charge is 2.18. The number of aliphatic hydroxyl groups excluding tert-OH is 1. The molecule has 0 aliphatic carbocycles. The van der Waals surface area contributed by atoms with E-state index in [1.165, 1.54) is 5.69 Å². The van der Waals surface area contributed by atoms with Crippen LogP contribution in [-0.4, -0.2) is 47.6 Å². The molecular formula is C13H20N6O. The van der Waals surface area contributed by atoms with Crippen LogP contribution in [0.3, 0.4) is 0 Å². The van der Waals surface area contributed by atoms with Crippen molar-refractivity contribution in [2.45, 2.75) is 39.1 Å². The molecule has 0 bridgehead atoms. The monoisotopic (exact) mass is 276 g/mol. The maximum absolute atomic E-state index is 9.63. The molecular weight excluding hydrogens is 256 g/mol. The van der Waals surface area contributed by atoms with Gasteiger partial charge in [0.25, 0.3) is 0 Å². The van der Waals surface area contributed by atoms with Crippen LogP contribution in [0.15, 0.2) is 18.7 Å². The molecule has 7 heteroatoms. The minimum Gasteiger partial charge on any atom is -0.387 e. The van der Waals surface area contributed by atoms with Crippen LogP contribution in [0.25, 0.3) is 0 Å². The molecule has 0 radical (unpaired) electrons. The van der Waals surface area contributed by atoms with Gasteiger partial charge in [0.05, 0.1) is 24.0 Å². The molecule has 0 unspecified atom stereocenters. The zero-order valence-electron chi connectivity index (χ0n) is 11.7. The second kappa shape index (κ2) is 5.72. The van der Waals surface area contributed by atoms with Crippen LogP contribution in [0.2, 0.25) is 0 Å². The van der Waals surface area contributed by atoms with Gasteiger partial charge in [0, 0.05) is 26.2 Å². The van der Waals surface area contributed by atoms with Gasteiger partial charge in [0.15, 0.2) is 0 Å². The van der Waals surface area contributed by atoms with Crippen molar-refractivity contribution in [2.24, 2.45) is 0 Å². The Morgan fingerprint density at radius 2 is 2.25 bits per heavy atom. The summed E-state index contributed by atoms with van der Waals surface area (Å²) in [6, 6.07) is 2.01. The maximum Gasteiger partial charge on any atom is 0.137 e. The van der Waals surface area contributed by atoms with E-state index in [0.29, 0.717) is 0 Å². The van der Waals surface area contributed by atoms with Crippen molar-refractivity contribution in [2.75, 3.05) is 13.1 Å². The molecule has 0 amide bonds. The number of aliphatic hydroxyl groups is 1. The van der Waals surface area contributed by atoms with E-state index in [0.717, 1.165) is 44.8 Å². The summed E-state index contributed by atoms with van der Waals surface area (Å²) >= 11 is 0. The van der Waals surface area contributed by atoms with Gasteiger partial charge in [-0.2, -0.15) is 10.2 Å². The molecule has 0 aromatic carbocycles. The molecule has 1 atom stereocenters. The first kappa shape index (κ1) is 13.3. The number of fused-ring (bicyclic) bond motifs is 1. The van der Waals surface area contributed by atoms with Gasteiger partial charge in [0.1, 0.15) is 12.7 Å². The van der Waals surface area contributed by atoms with Crippen LogP contribution >= 0.6 is 0 Å². The topological polar surface area (TPSA) is 72.0 Å². The van der Waals surface area contributed by atoms with Gasteiger partial charge in [-0.1, -0.05) is 0 Å². The fourth-order valence-electron chi connectivity index (χ4n) is 2.54. The maximum atomic E-state index is 9.63. The molecule has 2 aromatic rings. The Balaban J connectivity index is 1.65. The number of aromatic nitrogens is 5. The van der Waals surface area contributed by atoms with E-state index in [1.807, 2.05) is 15.4 Å². The van der Waals surface area contributed by atoms with Crippen molar-refractivity contribution in [1.82, 2.24) is 29.4 Å². The van der Waals surface area contributed by atoms with Crippen molar-refractivity contribution in [3.63, 3.8) is 0 Å². The van der Waals surface area contributed by atoms with Crippen LogP contribution in [0.4, 0.5) is 0 Å². The largest absolute Gasteiger partial charge is 0.387 e. The van der Waals surface area contributed by atoms with Crippen molar-refractivity contribution in [3.05, 3.63) is 30.1 Å². The van der Waals surface area contributed by atoms with Crippen molar-refractivity contribution in [1.29, 1.82) is 0 Å². The summed E-state index contributed by atoms with van der Waals surface area (Å²) in [6.07, 6.45) is 3.88. The molecule has 1 N–H and O–H groups in total. The second-order valence-electron chi connectivity index (χ2n) is 5.25. The van der Waals surface area contributed by atoms with Gasteiger partial charge in [0.2, 0.25) is 0 Å². The molecule has 1 aliphatic heterocycles. The van der Waals surface area contributed by atoms with E-state index < -0.39 is 6.10 Å². The van der Waals surface area contributed by atoms with E-state index in [2.05, 4.69) is 20.1 Å². The second-order valence-corrected chi connectivity index (χ2v) is 5.25. The third kappa shape index (κ3) is 2.88. The van der Waals surface area contributed by atoms with Crippen LogP contribution in [0, 0.1) is 0 Å². The van der Waals surface area contributed by atoms with Crippen molar-refractivity contribution in [3.8, 4) is 0 Å². The molecule has 3 rings (SSSR count). The fraction of sp³-hybridized carbons (Fsp3) is 0.615. The number of aryl methyl sites for hydroxylation is 1. The van der Waals surface area contributed by atoms with E-state index >= 15 is 0 Å². The first-order valence-corrected chi connectivity index (χ1v) is 7.02. The third-order valence-corrected chi connectivity index (χ3v) is 3.65. The lowest BCUT2D eigenvalue weighted by Gasteiger charge is -2.19. The fourth-order valence-corrected chi connectivity index (χ4v) is 2.54. The Kier molecular flexibility index (Phi) is 3.79. The average Bonchev–Trinajstić information content (AvgIpc) is 3.03. The Labute approximate surface area is 117 Å². The lowest BCUT2D eigenvalue weighted by atomic mass is 10.2. The normalized spacial score (nSPS) is 17.7. The van der Waals surface area contributed by atoms with Gasteiger partial charge in [-0.15, -0.1) is 0 Å². The molecule has 0 saturated heterocycles. The zero-order valence-corrected chi connectivity index (χ0v) is 11.7. The number of hydrogen-bond acceptors (Lipinski definition) is 5. The average molecular weight is 276 g/mol. The summed E-state index contributed by atoms with van der Waals surface area (Å²) < 4.78 is 3.88. The van der Waals surface area contributed by atoms with Crippen LogP contribution < -0.4 is 0 Å². The predicted molar refractivity (Wildman–Crippen MR) is 72.8 cm³/mol. The molecule has 7 nitrogen and oxygen atoms in total. The molecule has 0 spiro atoms. The summed E-state index contributed by atoms with van der Waals surface area (Å²) in [6.45, 7) is 6.39. The van der Waals surface area contributed by atoms with E-state index in [-0.39, 0.29) is 0 Å². The highest BCUT2D eigenvalue weighted by Crippen LogP contribution is 2.17. The molecule has 108 valence electrons. The lowest BCUT2D eigenvalue weighted by molar-refractivity contribution is 0.193. The highest BCUT2D eigenvalue weighted by atomic mass is 16.3. The summed E-state index contributed by atoms with van der Waals surface area (Å²) in [5, 5.41) is 18.2. The lowest BCUT2D eigenvalue weighted by Crippen LogP contribution is -2.27. The minimum atomic E-state index is -0.502. The Hall–Kier alpha value is -1.73. The van der Waals surface area contributed by atoms with Crippen LogP contribution in [0.5, 0.6) is 0 Å². The summed E-state index contributed by atoms with van der Waals surface area (Å²) in [7, 11) is 0.